The Morgan fingerprint density at radius 3 is 2.85 bits per heavy atom. The molecule has 0 spiro atoms. The second kappa shape index (κ2) is 5.93. The Labute approximate surface area is 120 Å². The number of hydrogen-bond donors (Lipinski definition) is 1. The number of amides is 1. The van der Waals surface area contributed by atoms with Crippen LogP contribution in [0, 0.1) is 0 Å². The molecule has 110 valence electrons. The Kier molecular flexibility index (Phi) is 4.45. The molecule has 2 rings (SSSR count). The average Bonchev–Trinajstić information content (AvgIpc) is 2.88. The van der Waals surface area contributed by atoms with Crippen molar-refractivity contribution in [3.63, 3.8) is 0 Å². The minimum atomic E-state index is -3.33. The average molecular weight is 296 g/mol. The summed E-state index contributed by atoms with van der Waals surface area (Å²) < 4.78 is 24.6. The van der Waals surface area contributed by atoms with E-state index in [9.17, 15) is 13.2 Å². The first kappa shape index (κ1) is 15.0. The minimum absolute atomic E-state index is 0.249. The van der Waals surface area contributed by atoms with Crippen LogP contribution < -0.4 is 5.32 Å². The van der Waals surface area contributed by atoms with Crippen LogP contribution in [0.15, 0.2) is 24.3 Å². The molecule has 6 heteroatoms. The van der Waals surface area contributed by atoms with Gasteiger partial charge in [0.1, 0.15) is 6.04 Å². The van der Waals surface area contributed by atoms with Gasteiger partial charge in [-0.25, -0.2) is 8.42 Å². The van der Waals surface area contributed by atoms with Crippen molar-refractivity contribution in [1.82, 2.24) is 4.31 Å². The first-order chi connectivity index (χ1) is 9.41. The van der Waals surface area contributed by atoms with Crippen LogP contribution in [0.1, 0.15) is 25.3 Å². The lowest BCUT2D eigenvalue weighted by atomic mass is 10.1. The van der Waals surface area contributed by atoms with Crippen molar-refractivity contribution in [3.05, 3.63) is 29.8 Å². The van der Waals surface area contributed by atoms with Crippen LogP contribution in [0.2, 0.25) is 0 Å². The van der Waals surface area contributed by atoms with Crippen LogP contribution in [0.5, 0.6) is 0 Å². The van der Waals surface area contributed by atoms with Gasteiger partial charge < -0.3 is 5.32 Å². The molecule has 1 saturated heterocycles. The summed E-state index contributed by atoms with van der Waals surface area (Å²) in [4.78, 5) is 12.3. The number of hydrogen-bond acceptors (Lipinski definition) is 3. The summed E-state index contributed by atoms with van der Waals surface area (Å²) in [6.07, 6.45) is 3.34. The molecule has 1 amide bonds. The zero-order valence-electron chi connectivity index (χ0n) is 11.8. The summed E-state index contributed by atoms with van der Waals surface area (Å²) in [7, 11) is -3.33. The van der Waals surface area contributed by atoms with Gasteiger partial charge >= 0.3 is 0 Å². The highest BCUT2D eigenvalue weighted by atomic mass is 32.2. The van der Waals surface area contributed by atoms with Gasteiger partial charge in [0.15, 0.2) is 0 Å². The Morgan fingerprint density at radius 2 is 2.20 bits per heavy atom. The summed E-state index contributed by atoms with van der Waals surface area (Å²) in [5, 5.41) is 2.82. The number of anilines is 1. The zero-order valence-corrected chi connectivity index (χ0v) is 12.6. The van der Waals surface area contributed by atoms with Crippen LogP contribution in [0.4, 0.5) is 5.69 Å². The predicted octanol–water partition coefficient (Wildman–Crippen LogP) is 1.61. The Balaban J connectivity index is 2.11. The number of carbonyl (C=O) groups is 1. The zero-order chi connectivity index (χ0) is 14.8. The Hall–Kier alpha value is -1.40. The molecule has 1 fully saturated rings. The van der Waals surface area contributed by atoms with E-state index in [4.69, 9.17) is 0 Å². The highest BCUT2D eigenvalue weighted by Crippen LogP contribution is 2.22. The number of carbonyl (C=O) groups excluding carboxylic acids is 1. The molecule has 1 aliphatic rings. The van der Waals surface area contributed by atoms with Crippen molar-refractivity contribution in [2.24, 2.45) is 0 Å². The quantitative estimate of drug-likeness (QED) is 0.918. The minimum Gasteiger partial charge on any atom is -0.325 e. The van der Waals surface area contributed by atoms with Crippen LogP contribution in [-0.2, 0) is 21.2 Å². The van der Waals surface area contributed by atoms with Crippen LogP contribution in [-0.4, -0.2) is 37.5 Å². The van der Waals surface area contributed by atoms with Gasteiger partial charge in [-0.05, 0) is 37.0 Å². The second-order valence-corrected chi connectivity index (χ2v) is 7.01. The highest BCUT2D eigenvalue weighted by molar-refractivity contribution is 7.88. The van der Waals surface area contributed by atoms with Gasteiger partial charge in [-0.15, -0.1) is 0 Å². The third-order valence-electron chi connectivity index (χ3n) is 3.54. The molecule has 0 aliphatic carbocycles. The molecule has 1 aromatic rings. The predicted molar refractivity (Wildman–Crippen MR) is 79.0 cm³/mol. The second-order valence-electron chi connectivity index (χ2n) is 5.07. The number of rotatable bonds is 4. The van der Waals surface area contributed by atoms with Gasteiger partial charge in [0.25, 0.3) is 0 Å². The third kappa shape index (κ3) is 3.37. The van der Waals surface area contributed by atoms with E-state index in [1.54, 1.807) is 0 Å². The summed E-state index contributed by atoms with van der Waals surface area (Å²) in [6, 6.07) is 7.02. The maximum absolute atomic E-state index is 12.3. The fourth-order valence-electron chi connectivity index (χ4n) is 2.49. The summed E-state index contributed by atoms with van der Waals surface area (Å²) in [6.45, 7) is 2.47. The number of aryl methyl sites for hydroxylation is 1. The highest BCUT2D eigenvalue weighted by Gasteiger charge is 2.36. The SMILES string of the molecule is CCc1cccc(NC(=O)[C@@H]2CCCN2S(C)(=O)=O)c1. The fourth-order valence-corrected chi connectivity index (χ4v) is 3.62. The van der Waals surface area contributed by atoms with Crippen molar-refractivity contribution < 1.29 is 13.2 Å². The van der Waals surface area contributed by atoms with E-state index in [2.05, 4.69) is 5.32 Å². The largest absolute Gasteiger partial charge is 0.325 e. The van der Waals surface area contributed by atoms with Crippen molar-refractivity contribution in [2.75, 3.05) is 18.1 Å². The van der Waals surface area contributed by atoms with E-state index in [0.717, 1.165) is 30.3 Å². The van der Waals surface area contributed by atoms with Gasteiger partial charge in [-0.2, -0.15) is 4.31 Å². The number of benzene rings is 1. The van der Waals surface area contributed by atoms with E-state index < -0.39 is 16.1 Å². The maximum Gasteiger partial charge on any atom is 0.242 e. The van der Waals surface area contributed by atoms with Crippen molar-refractivity contribution >= 4 is 21.6 Å². The maximum atomic E-state index is 12.3. The third-order valence-corrected chi connectivity index (χ3v) is 4.82. The molecular weight excluding hydrogens is 276 g/mol. The molecule has 1 N–H and O–H groups in total. The topological polar surface area (TPSA) is 66.5 Å². The monoisotopic (exact) mass is 296 g/mol. The van der Waals surface area contributed by atoms with E-state index >= 15 is 0 Å². The number of sulfonamides is 1. The molecule has 0 unspecified atom stereocenters. The standard InChI is InChI=1S/C14H20N2O3S/c1-3-11-6-4-7-12(10-11)15-14(17)13-8-5-9-16(13)20(2,18)19/h4,6-7,10,13H,3,5,8-9H2,1-2H3,(H,15,17)/t13-/m0/s1. The lowest BCUT2D eigenvalue weighted by Gasteiger charge is -2.21. The summed E-state index contributed by atoms with van der Waals surface area (Å²) in [5.41, 5.74) is 1.85. The van der Waals surface area contributed by atoms with Crippen molar-refractivity contribution in [2.45, 2.75) is 32.2 Å². The van der Waals surface area contributed by atoms with Crippen molar-refractivity contribution in [3.8, 4) is 0 Å². The first-order valence-electron chi connectivity index (χ1n) is 6.78. The van der Waals surface area contributed by atoms with Gasteiger partial charge in [-0.3, -0.25) is 4.79 Å². The first-order valence-corrected chi connectivity index (χ1v) is 8.63. The fraction of sp³-hybridized carbons (Fsp3) is 0.500. The molecule has 20 heavy (non-hydrogen) atoms. The van der Waals surface area contributed by atoms with Gasteiger partial charge in [0, 0.05) is 12.2 Å². The van der Waals surface area contributed by atoms with Crippen molar-refractivity contribution in [1.29, 1.82) is 0 Å². The molecule has 5 nitrogen and oxygen atoms in total. The van der Waals surface area contributed by atoms with Crippen LogP contribution in [0.3, 0.4) is 0 Å². The van der Waals surface area contributed by atoms with Gasteiger partial charge in [0.05, 0.1) is 6.26 Å². The van der Waals surface area contributed by atoms with Crippen LogP contribution >= 0.6 is 0 Å². The smallest absolute Gasteiger partial charge is 0.242 e. The Bertz CT molecular complexity index is 598. The van der Waals surface area contributed by atoms with Gasteiger partial charge in [-0.1, -0.05) is 19.1 Å². The molecular formula is C14H20N2O3S. The lowest BCUT2D eigenvalue weighted by Crippen LogP contribution is -2.42. The number of nitrogens with zero attached hydrogens (tertiary/aromatic N) is 1. The molecule has 0 aromatic heterocycles. The van der Waals surface area contributed by atoms with Crippen LogP contribution in [0.25, 0.3) is 0 Å². The van der Waals surface area contributed by atoms with E-state index in [-0.39, 0.29) is 5.91 Å². The Morgan fingerprint density at radius 1 is 1.45 bits per heavy atom. The summed E-state index contributed by atoms with van der Waals surface area (Å²) in [5.74, 6) is -0.249. The molecule has 1 aromatic carbocycles. The van der Waals surface area contributed by atoms with E-state index in [0.29, 0.717) is 13.0 Å². The van der Waals surface area contributed by atoms with E-state index in [1.807, 2.05) is 31.2 Å². The molecule has 0 saturated carbocycles. The van der Waals surface area contributed by atoms with Gasteiger partial charge in [0.2, 0.25) is 15.9 Å². The molecule has 0 bridgehead atoms. The molecule has 1 atom stereocenters. The molecule has 1 aliphatic heterocycles. The summed E-state index contributed by atoms with van der Waals surface area (Å²) >= 11 is 0. The lowest BCUT2D eigenvalue weighted by molar-refractivity contribution is -0.119. The molecule has 0 radical (unpaired) electrons. The number of nitrogens with one attached hydrogen (secondary N) is 1. The molecule has 1 heterocycles. The van der Waals surface area contributed by atoms with E-state index in [1.165, 1.54) is 4.31 Å². The normalized spacial score (nSPS) is 20.0.